The van der Waals surface area contributed by atoms with Crippen LogP contribution in [0.2, 0.25) is 0 Å². The highest BCUT2D eigenvalue weighted by Crippen LogP contribution is 2.06. The summed E-state index contributed by atoms with van der Waals surface area (Å²) >= 11 is 0. The number of rotatable bonds is 0. The van der Waals surface area contributed by atoms with Crippen LogP contribution in [0, 0.1) is 5.92 Å². The Labute approximate surface area is 49.3 Å². The number of piperidine rings is 1. The van der Waals surface area contributed by atoms with Gasteiger partial charge in [-0.05, 0) is 31.8 Å². The van der Waals surface area contributed by atoms with Crippen LogP contribution in [0.4, 0.5) is 0 Å². The fraction of sp³-hybridized carbons (Fsp3) is 1.00. The van der Waals surface area contributed by atoms with Gasteiger partial charge in [0.1, 0.15) is 0 Å². The van der Waals surface area contributed by atoms with Gasteiger partial charge in [-0.2, -0.15) is 0 Å². The van der Waals surface area contributed by atoms with Gasteiger partial charge in [0, 0.05) is 4.11 Å². The third-order valence-electron chi connectivity index (χ3n) is 1.30. The van der Waals surface area contributed by atoms with E-state index in [4.69, 9.17) is 4.11 Å². The van der Waals surface area contributed by atoms with Crippen molar-refractivity contribution >= 4 is 0 Å². The summed E-state index contributed by atoms with van der Waals surface area (Å²) in [6.07, 6.45) is 1.85. The van der Waals surface area contributed by atoms with Gasteiger partial charge in [-0.15, -0.1) is 0 Å². The fourth-order valence-corrected chi connectivity index (χ4v) is 0.852. The number of hydrogen-bond donors (Lipinski definition) is 1. The molecule has 1 aliphatic rings. The summed E-state index contributed by atoms with van der Waals surface area (Å²) in [5.41, 5.74) is 0. The standard InChI is InChI=1S/C6H13N/c1-6-3-2-4-7-5-6/h6-7H,2-5H2,1H3/t6-/m0/s1/i1D3. The van der Waals surface area contributed by atoms with E-state index in [2.05, 4.69) is 5.32 Å². The van der Waals surface area contributed by atoms with E-state index < -0.39 is 6.85 Å². The zero-order chi connectivity index (χ0) is 7.61. The predicted molar refractivity (Wildman–Crippen MR) is 31.3 cm³/mol. The average molecular weight is 102 g/mol. The Balaban J connectivity index is 2.39. The van der Waals surface area contributed by atoms with E-state index in [0.717, 1.165) is 19.4 Å². The summed E-state index contributed by atoms with van der Waals surface area (Å²) in [7, 11) is 0. The van der Waals surface area contributed by atoms with Gasteiger partial charge in [-0.1, -0.05) is 6.85 Å². The number of hydrogen-bond acceptors (Lipinski definition) is 1. The molecule has 0 bridgehead atoms. The molecule has 0 aliphatic carbocycles. The van der Waals surface area contributed by atoms with Gasteiger partial charge in [0.15, 0.2) is 0 Å². The Morgan fingerprint density at radius 2 is 2.86 bits per heavy atom. The Morgan fingerprint density at radius 3 is 3.29 bits per heavy atom. The summed E-state index contributed by atoms with van der Waals surface area (Å²) in [4.78, 5) is 0. The molecule has 1 saturated heterocycles. The predicted octanol–water partition coefficient (Wildman–Crippen LogP) is 1.01. The van der Waals surface area contributed by atoms with Crippen LogP contribution < -0.4 is 5.32 Å². The minimum atomic E-state index is -1.74. The van der Waals surface area contributed by atoms with Crippen LogP contribution in [0.15, 0.2) is 0 Å². The summed E-state index contributed by atoms with van der Waals surface area (Å²) < 4.78 is 21.4. The first-order valence-electron chi connectivity index (χ1n) is 4.31. The zero-order valence-electron chi connectivity index (χ0n) is 7.41. The van der Waals surface area contributed by atoms with Crippen molar-refractivity contribution in [2.24, 2.45) is 5.92 Å². The van der Waals surface area contributed by atoms with E-state index in [1.165, 1.54) is 0 Å². The van der Waals surface area contributed by atoms with Crippen LogP contribution in [-0.4, -0.2) is 13.1 Å². The van der Waals surface area contributed by atoms with Gasteiger partial charge >= 0.3 is 0 Å². The van der Waals surface area contributed by atoms with Crippen molar-refractivity contribution in [2.75, 3.05) is 13.1 Å². The highest BCUT2D eigenvalue weighted by Gasteiger charge is 2.04. The van der Waals surface area contributed by atoms with Crippen molar-refractivity contribution in [1.29, 1.82) is 0 Å². The lowest BCUT2D eigenvalue weighted by Gasteiger charge is -2.17. The van der Waals surface area contributed by atoms with Crippen molar-refractivity contribution in [3.8, 4) is 0 Å². The van der Waals surface area contributed by atoms with E-state index in [-0.39, 0.29) is 5.92 Å². The summed E-state index contributed by atoms with van der Waals surface area (Å²) in [6, 6.07) is 0. The molecule has 1 rings (SSSR count). The average Bonchev–Trinajstić information content (AvgIpc) is 1.88. The second-order valence-corrected chi connectivity index (χ2v) is 2.04. The minimum absolute atomic E-state index is 0.110. The largest absolute Gasteiger partial charge is 0.316 e. The topological polar surface area (TPSA) is 12.0 Å². The maximum absolute atomic E-state index is 7.12. The Kier molecular flexibility index (Phi) is 0.824. The molecule has 0 radical (unpaired) electrons. The molecule has 0 spiro atoms. The fourth-order valence-electron chi connectivity index (χ4n) is 0.852. The normalized spacial score (nSPS) is 41.1. The molecule has 1 N–H and O–H groups in total. The molecule has 0 saturated carbocycles. The molecular weight excluding hydrogens is 86.1 g/mol. The first kappa shape index (κ1) is 2.49. The zero-order valence-corrected chi connectivity index (χ0v) is 4.41. The molecule has 0 aromatic heterocycles. The maximum atomic E-state index is 7.12. The lowest BCUT2D eigenvalue weighted by Crippen LogP contribution is -2.27. The lowest BCUT2D eigenvalue weighted by molar-refractivity contribution is 0.405. The van der Waals surface area contributed by atoms with E-state index in [0.29, 0.717) is 6.54 Å². The number of nitrogens with one attached hydrogen (secondary N) is 1. The summed E-state index contributed by atoms with van der Waals surface area (Å²) in [5, 5.41) is 3.08. The molecule has 1 heterocycles. The third kappa shape index (κ3) is 1.48. The molecule has 42 valence electrons. The molecule has 1 atom stereocenters. The highest BCUT2D eigenvalue weighted by molar-refractivity contribution is 4.63. The van der Waals surface area contributed by atoms with E-state index in [9.17, 15) is 0 Å². The molecule has 1 nitrogen and oxygen atoms in total. The first-order valence-corrected chi connectivity index (χ1v) is 2.81. The molecular formula is C6H13N. The van der Waals surface area contributed by atoms with Crippen molar-refractivity contribution in [1.82, 2.24) is 5.32 Å². The molecule has 1 heteroatoms. The van der Waals surface area contributed by atoms with E-state index in [1.807, 2.05) is 0 Å². The van der Waals surface area contributed by atoms with Gasteiger partial charge in [0.25, 0.3) is 0 Å². The van der Waals surface area contributed by atoms with Gasteiger partial charge in [0.05, 0.1) is 0 Å². The SMILES string of the molecule is [2H]C([2H])([2H])[C@H]1CCCNC1. The smallest absolute Gasteiger partial charge is 0.0234 e. The second kappa shape index (κ2) is 2.31. The van der Waals surface area contributed by atoms with Gasteiger partial charge in [-0.25, -0.2) is 0 Å². The second-order valence-electron chi connectivity index (χ2n) is 2.04. The quantitative estimate of drug-likeness (QED) is 0.481. The van der Waals surface area contributed by atoms with Crippen molar-refractivity contribution in [3.05, 3.63) is 0 Å². The van der Waals surface area contributed by atoms with Crippen LogP contribution in [0.3, 0.4) is 0 Å². The van der Waals surface area contributed by atoms with E-state index >= 15 is 0 Å². The molecule has 0 aromatic carbocycles. The van der Waals surface area contributed by atoms with Crippen LogP contribution in [0.5, 0.6) is 0 Å². The molecule has 0 unspecified atom stereocenters. The van der Waals surface area contributed by atoms with E-state index in [1.54, 1.807) is 0 Å². The minimum Gasteiger partial charge on any atom is -0.316 e. The third-order valence-corrected chi connectivity index (χ3v) is 1.30. The van der Waals surface area contributed by atoms with Crippen molar-refractivity contribution in [3.63, 3.8) is 0 Å². The monoisotopic (exact) mass is 102 g/mol. The Bertz CT molecular complexity index is 104. The maximum Gasteiger partial charge on any atom is 0.0234 e. The van der Waals surface area contributed by atoms with Gasteiger partial charge in [0.2, 0.25) is 0 Å². The van der Waals surface area contributed by atoms with Crippen LogP contribution in [0.1, 0.15) is 23.8 Å². The van der Waals surface area contributed by atoms with Gasteiger partial charge in [-0.3, -0.25) is 0 Å². The van der Waals surface area contributed by atoms with Crippen LogP contribution in [0.25, 0.3) is 0 Å². The molecule has 0 aromatic rings. The summed E-state index contributed by atoms with van der Waals surface area (Å²) in [5.74, 6) is -0.110. The lowest BCUT2D eigenvalue weighted by atomic mass is 10.0. The Hall–Kier alpha value is -0.0400. The van der Waals surface area contributed by atoms with Crippen molar-refractivity contribution < 1.29 is 4.11 Å². The van der Waals surface area contributed by atoms with Crippen LogP contribution >= 0.6 is 0 Å². The molecule has 0 amide bonds. The molecule has 1 aliphatic heterocycles. The van der Waals surface area contributed by atoms with Crippen molar-refractivity contribution in [2.45, 2.75) is 19.7 Å². The Morgan fingerprint density at radius 1 is 1.86 bits per heavy atom. The summed E-state index contributed by atoms with van der Waals surface area (Å²) in [6.45, 7) is -0.101. The molecule has 1 fully saturated rings. The molecule has 7 heavy (non-hydrogen) atoms. The van der Waals surface area contributed by atoms with Gasteiger partial charge < -0.3 is 5.32 Å². The van der Waals surface area contributed by atoms with Crippen LogP contribution in [-0.2, 0) is 0 Å². The first-order chi connectivity index (χ1) is 4.61. The highest BCUT2D eigenvalue weighted by atomic mass is 14.9.